The maximum atomic E-state index is 12.4. The number of nitrogens with zero attached hydrogens (tertiary/aromatic N) is 3. The van der Waals surface area contributed by atoms with Crippen molar-refractivity contribution in [3.05, 3.63) is 58.3 Å². The second-order valence-electron chi connectivity index (χ2n) is 5.14. The summed E-state index contributed by atoms with van der Waals surface area (Å²) in [7, 11) is -3.51. The highest BCUT2D eigenvalue weighted by atomic mass is 32.2. The maximum Gasteiger partial charge on any atom is 0.269 e. The van der Waals surface area contributed by atoms with Crippen LogP contribution >= 0.6 is 11.8 Å². The summed E-state index contributed by atoms with van der Waals surface area (Å²) in [6.45, 7) is 4.39. The van der Waals surface area contributed by atoms with Crippen LogP contribution in [0.4, 0.5) is 5.69 Å². The highest BCUT2D eigenvalue weighted by Crippen LogP contribution is 2.24. The molecule has 0 atom stereocenters. The molecule has 0 saturated carbocycles. The molecule has 0 spiro atoms. The summed E-state index contributed by atoms with van der Waals surface area (Å²) in [6.07, 6.45) is 1.35. The molecule has 0 unspecified atom stereocenters. The van der Waals surface area contributed by atoms with E-state index in [1.54, 1.807) is 32.0 Å². The van der Waals surface area contributed by atoms with Crippen LogP contribution in [0.25, 0.3) is 0 Å². The molecule has 2 aromatic rings. The third kappa shape index (κ3) is 4.77. The van der Waals surface area contributed by atoms with Crippen molar-refractivity contribution in [2.75, 3.05) is 13.1 Å². The fraction of sp³-hybridized carbons (Fsp3) is 0.312. The molecule has 0 aliphatic rings. The molecule has 1 heterocycles. The highest BCUT2D eigenvalue weighted by molar-refractivity contribution is 7.98. The summed E-state index contributed by atoms with van der Waals surface area (Å²) in [5.74, 6) is 0.511. The van der Waals surface area contributed by atoms with Gasteiger partial charge in [-0.25, -0.2) is 13.4 Å². The Balaban J connectivity index is 2.08. The van der Waals surface area contributed by atoms with Crippen LogP contribution < -0.4 is 0 Å². The van der Waals surface area contributed by atoms with Crippen molar-refractivity contribution in [2.45, 2.75) is 29.5 Å². The molecule has 0 radical (unpaired) electrons. The summed E-state index contributed by atoms with van der Waals surface area (Å²) in [4.78, 5) is 14.7. The zero-order valence-corrected chi connectivity index (χ0v) is 15.6. The second kappa shape index (κ2) is 8.41. The zero-order valence-electron chi connectivity index (χ0n) is 14.0. The first kappa shape index (κ1) is 19.4. The fourth-order valence-electron chi connectivity index (χ4n) is 2.23. The van der Waals surface area contributed by atoms with E-state index in [1.165, 1.54) is 40.5 Å². The van der Waals surface area contributed by atoms with Crippen molar-refractivity contribution >= 4 is 27.5 Å². The van der Waals surface area contributed by atoms with Gasteiger partial charge in [0.1, 0.15) is 4.90 Å². The molecule has 0 aliphatic carbocycles. The van der Waals surface area contributed by atoms with Crippen LogP contribution in [0.15, 0.2) is 52.5 Å². The molecule has 1 aromatic heterocycles. The summed E-state index contributed by atoms with van der Waals surface area (Å²) in [5.41, 5.74) is 0.854. The van der Waals surface area contributed by atoms with E-state index in [9.17, 15) is 18.5 Å². The van der Waals surface area contributed by atoms with E-state index in [2.05, 4.69) is 4.98 Å². The molecule has 1 aromatic carbocycles. The molecule has 2 rings (SSSR count). The number of thioether (sulfide) groups is 1. The van der Waals surface area contributed by atoms with Crippen molar-refractivity contribution in [3.63, 3.8) is 0 Å². The lowest BCUT2D eigenvalue weighted by atomic mass is 10.2. The summed E-state index contributed by atoms with van der Waals surface area (Å²) in [5, 5.41) is 11.4. The van der Waals surface area contributed by atoms with Gasteiger partial charge in [-0.05, 0) is 17.7 Å². The lowest BCUT2D eigenvalue weighted by Crippen LogP contribution is -2.30. The van der Waals surface area contributed by atoms with Crippen LogP contribution in [0.2, 0.25) is 0 Å². The van der Waals surface area contributed by atoms with E-state index >= 15 is 0 Å². The molecule has 9 heteroatoms. The van der Waals surface area contributed by atoms with E-state index in [0.717, 1.165) is 5.56 Å². The Labute approximate surface area is 151 Å². The summed E-state index contributed by atoms with van der Waals surface area (Å²) >= 11 is 1.39. The van der Waals surface area contributed by atoms with Gasteiger partial charge in [0, 0.05) is 37.2 Å². The maximum absolute atomic E-state index is 12.4. The first-order chi connectivity index (χ1) is 11.9. The van der Waals surface area contributed by atoms with Gasteiger partial charge < -0.3 is 0 Å². The largest absolute Gasteiger partial charge is 0.269 e. The highest BCUT2D eigenvalue weighted by Gasteiger charge is 2.21. The minimum Gasteiger partial charge on any atom is -0.258 e. The SMILES string of the molecule is CCN(CC)S(=O)(=O)c1ccc(SCc2cccc([N+](=O)[O-])c2)nc1. The van der Waals surface area contributed by atoms with E-state index < -0.39 is 14.9 Å². The minimum absolute atomic E-state index is 0.0479. The Bertz CT molecular complexity index is 835. The Kier molecular flexibility index (Phi) is 6.51. The van der Waals surface area contributed by atoms with Crippen LogP contribution in [0.3, 0.4) is 0 Å². The predicted molar refractivity (Wildman–Crippen MR) is 97.0 cm³/mol. The smallest absolute Gasteiger partial charge is 0.258 e. The van der Waals surface area contributed by atoms with Gasteiger partial charge in [-0.3, -0.25) is 10.1 Å². The van der Waals surface area contributed by atoms with Crippen LogP contribution in [-0.4, -0.2) is 35.7 Å². The second-order valence-corrected chi connectivity index (χ2v) is 8.07. The summed E-state index contributed by atoms with van der Waals surface area (Å²) < 4.78 is 26.2. The number of sulfonamides is 1. The Morgan fingerprint density at radius 1 is 1.20 bits per heavy atom. The quantitative estimate of drug-likeness (QED) is 0.396. The summed E-state index contributed by atoms with van der Waals surface area (Å²) in [6, 6.07) is 9.60. The number of nitro groups is 1. The van der Waals surface area contributed by atoms with E-state index in [1.807, 2.05) is 0 Å². The number of rotatable bonds is 8. The van der Waals surface area contributed by atoms with E-state index in [4.69, 9.17) is 0 Å². The first-order valence-corrected chi connectivity index (χ1v) is 10.1. The Morgan fingerprint density at radius 3 is 2.48 bits per heavy atom. The fourth-order valence-corrected chi connectivity index (χ4v) is 4.42. The number of hydrogen-bond donors (Lipinski definition) is 0. The third-order valence-corrected chi connectivity index (χ3v) is 6.61. The third-order valence-electron chi connectivity index (χ3n) is 3.56. The molecular formula is C16H19N3O4S2. The van der Waals surface area contributed by atoms with Crippen LogP contribution in [-0.2, 0) is 15.8 Å². The predicted octanol–water partition coefficient (Wildman–Crippen LogP) is 3.31. The molecule has 7 nitrogen and oxygen atoms in total. The van der Waals surface area contributed by atoms with Crippen molar-refractivity contribution in [2.24, 2.45) is 0 Å². The molecule has 0 amide bonds. The number of nitro benzene ring substituents is 1. The van der Waals surface area contributed by atoms with E-state index in [-0.39, 0.29) is 10.6 Å². The standard InChI is InChI=1S/C16H19N3O4S2/c1-3-18(4-2)25(22,23)15-8-9-16(17-11-15)24-12-13-6-5-7-14(10-13)19(20)21/h5-11H,3-4,12H2,1-2H3. The molecular weight excluding hydrogens is 362 g/mol. The van der Waals surface area contributed by atoms with Gasteiger partial charge in [0.2, 0.25) is 10.0 Å². The number of pyridine rings is 1. The number of benzene rings is 1. The van der Waals surface area contributed by atoms with Gasteiger partial charge in [-0.2, -0.15) is 4.31 Å². The van der Waals surface area contributed by atoms with Gasteiger partial charge in [0.25, 0.3) is 5.69 Å². The van der Waals surface area contributed by atoms with Crippen LogP contribution in [0.1, 0.15) is 19.4 Å². The van der Waals surface area contributed by atoms with Gasteiger partial charge >= 0.3 is 0 Å². The average Bonchev–Trinajstić information content (AvgIpc) is 2.61. The monoisotopic (exact) mass is 381 g/mol. The normalized spacial score (nSPS) is 11.6. The van der Waals surface area contributed by atoms with Gasteiger partial charge in [-0.15, -0.1) is 11.8 Å². The van der Waals surface area contributed by atoms with Crippen molar-refractivity contribution in [1.82, 2.24) is 9.29 Å². The van der Waals surface area contributed by atoms with E-state index in [0.29, 0.717) is 23.9 Å². The molecule has 0 saturated heterocycles. The molecule has 0 aliphatic heterocycles. The minimum atomic E-state index is -3.51. The molecule has 25 heavy (non-hydrogen) atoms. The zero-order chi connectivity index (χ0) is 18.4. The molecule has 0 N–H and O–H groups in total. The van der Waals surface area contributed by atoms with Crippen molar-refractivity contribution < 1.29 is 13.3 Å². The topological polar surface area (TPSA) is 93.4 Å². The number of non-ortho nitro benzene ring substituents is 1. The number of hydrogen-bond acceptors (Lipinski definition) is 6. The van der Waals surface area contributed by atoms with Gasteiger partial charge in [-0.1, -0.05) is 26.0 Å². The molecule has 0 bridgehead atoms. The Morgan fingerprint density at radius 2 is 1.92 bits per heavy atom. The lowest BCUT2D eigenvalue weighted by Gasteiger charge is -2.18. The molecule has 134 valence electrons. The van der Waals surface area contributed by atoms with Crippen molar-refractivity contribution in [1.29, 1.82) is 0 Å². The van der Waals surface area contributed by atoms with Gasteiger partial charge in [0.15, 0.2) is 0 Å². The first-order valence-electron chi connectivity index (χ1n) is 7.70. The van der Waals surface area contributed by atoms with Gasteiger partial charge in [0.05, 0.1) is 9.95 Å². The Hall–Kier alpha value is -1.97. The number of aromatic nitrogens is 1. The van der Waals surface area contributed by atoms with Crippen LogP contribution in [0.5, 0.6) is 0 Å². The average molecular weight is 381 g/mol. The molecule has 0 fully saturated rings. The lowest BCUT2D eigenvalue weighted by molar-refractivity contribution is -0.384. The van der Waals surface area contributed by atoms with Crippen molar-refractivity contribution in [3.8, 4) is 0 Å². The van der Waals surface area contributed by atoms with Crippen LogP contribution in [0, 0.1) is 10.1 Å².